The summed E-state index contributed by atoms with van der Waals surface area (Å²) >= 11 is 0. The summed E-state index contributed by atoms with van der Waals surface area (Å²) in [5, 5.41) is 13.2. The molecule has 28 heavy (non-hydrogen) atoms. The summed E-state index contributed by atoms with van der Waals surface area (Å²) in [5.41, 5.74) is 6.61. The second kappa shape index (κ2) is 7.84. The molecule has 2 aromatic rings. The Bertz CT molecular complexity index is 885. The lowest BCUT2D eigenvalue weighted by molar-refractivity contribution is 0.186. The van der Waals surface area contributed by atoms with E-state index in [0.29, 0.717) is 23.8 Å². The zero-order chi connectivity index (χ0) is 20.6. The highest BCUT2D eigenvalue weighted by Crippen LogP contribution is 2.49. The van der Waals surface area contributed by atoms with Crippen LogP contribution in [-0.4, -0.2) is 24.9 Å². The number of anilines is 1. The number of carbonyl (C=O) groups is 1. The van der Waals surface area contributed by atoms with Crippen molar-refractivity contribution in [2.75, 3.05) is 19.0 Å². The number of ether oxygens (including phenoxy) is 2. The molecule has 0 bridgehead atoms. The van der Waals surface area contributed by atoms with Crippen molar-refractivity contribution in [2.45, 2.75) is 52.6 Å². The molecule has 1 aliphatic heterocycles. The maximum Gasteiger partial charge on any atom is 0.411 e. The second-order valence-electron chi connectivity index (χ2n) is 7.76. The molecular formula is C23H29NO4. The van der Waals surface area contributed by atoms with Crippen molar-refractivity contribution in [1.82, 2.24) is 0 Å². The fraction of sp³-hybridized carbons (Fsp3) is 0.435. The van der Waals surface area contributed by atoms with Crippen LogP contribution in [0.4, 0.5) is 10.5 Å². The summed E-state index contributed by atoms with van der Waals surface area (Å²) in [6, 6.07) is 8.61. The van der Waals surface area contributed by atoms with Crippen LogP contribution in [0.3, 0.4) is 0 Å². The average molecular weight is 383 g/mol. The Hall–Kier alpha value is -2.53. The number of methoxy groups -OCH3 is 1. The smallest absolute Gasteiger partial charge is 0.411 e. The molecule has 0 saturated heterocycles. The van der Waals surface area contributed by atoms with E-state index < -0.39 is 12.2 Å². The van der Waals surface area contributed by atoms with Gasteiger partial charge in [-0.2, -0.15) is 0 Å². The highest BCUT2D eigenvalue weighted by molar-refractivity contribution is 5.88. The van der Waals surface area contributed by atoms with Crippen LogP contribution in [0.5, 0.6) is 5.75 Å². The summed E-state index contributed by atoms with van der Waals surface area (Å²) in [6.45, 7) is 10.4. The van der Waals surface area contributed by atoms with Crippen LogP contribution in [-0.2, 0) is 4.74 Å². The summed E-state index contributed by atoms with van der Waals surface area (Å²) in [4.78, 5) is 11.9. The molecule has 2 atom stereocenters. The van der Waals surface area contributed by atoms with Crippen LogP contribution in [0.15, 0.2) is 24.3 Å². The second-order valence-corrected chi connectivity index (χ2v) is 7.76. The topological polar surface area (TPSA) is 67.8 Å². The van der Waals surface area contributed by atoms with Crippen LogP contribution in [0, 0.1) is 13.8 Å². The number of hydrogen-bond donors (Lipinski definition) is 2. The van der Waals surface area contributed by atoms with Crippen molar-refractivity contribution in [1.29, 1.82) is 0 Å². The first kappa shape index (κ1) is 20.2. The summed E-state index contributed by atoms with van der Waals surface area (Å²) < 4.78 is 10.9. The van der Waals surface area contributed by atoms with Gasteiger partial charge in [0.15, 0.2) is 0 Å². The summed E-state index contributed by atoms with van der Waals surface area (Å²) in [7, 11) is 1.34. The SMILES string of the molecule is COC(=O)Nc1c(C)c2c(c([C@@H](C)O)c1C)OC[C@@H]2c1ccc(C(C)C)cc1. The third-order valence-corrected chi connectivity index (χ3v) is 5.63. The maximum atomic E-state index is 11.9. The fourth-order valence-electron chi connectivity index (χ4n) is 4.08. The van der Waals surface area contributed by atoms with Crippen molar-refractivity contribution < 1.29 is 19.4 Å². The molecule has 150 valence electrons. The number of amides is 1. The zero-order valence-corrected chi connectivity index (χ0v) is 17.4. The Kier molecular flexibility index (Phi) is 5.66. The Morgan fingerprint density at radius 3 is 2.36 bits per heavy atom. The number of carbonyl (C=O) groups excluding carboxylic acids is 1. The van der Waals surface area contributed by atoms with Crippen molar-refractivity contribution in [3.63, 3.8) is 0 Å². The number of benzene rings is 2. The van der Waals surface area contributed by atoms with Gasteiger partial charge in [-0.25, -0.2) is 4.79 Å². The standard InChI is InChI=1S/C23H29NO4/c1-12(2)16-7-9-17(10-8-16)18-11-28-22-19(15(5)25)13(3)21(14(4)20(18)22)24-23(26)27-6/h7-10,12,15,18,25H,11H2,1-6H3,(H,24,26)/t15-,18-/m1/s1. The monoisotopic (exact) mass is 383 g/mol. The fourth-order valence-corrected chi connectivity index (χ4v) is 4.08. The minimum atomic E-state index is -0.713. The molecule has 1 amide bonds. The molecule has 0 fully saturated rings. The van der Waals surface area contributed by atoms with E-state index in [9.17, 15) is 9.90 Å². The molecule has 0 unspecified atom stereocenters. The molecule has 1 aliphatic rings. The Morgan fingerprint density at radius 2 is 1.82 bits per heavy atom. The molecule has 5 heteroatoms. The number of nitrogens with one attached hydrogen (secondary N) is 1. The number of fused-ring (bicyclic) bond motifs is 1. The van der Waals surface area contributed by atoms with Crippen LogP contribution in [0.1, 0.15) is 72.1 Å². The third-order valence-electron chi connectivity index (χ3n) is 5.63. The largest absolute Gasteiger partial charge is 0.492 e. The normalized spacial score (nSPS) is 16.5. The molecule has 5 nitrogen and oxygen atoms in total. The van der Waals surface area contributed by atoms with Crippen molar-refractivity contribution in [2.24, 2.45) is 0 Å². The number of hydrogen-bond acceptors (Lipinski definition) is 4. The van der Waals surface area contributed by atoms with Gasteiger partial charge in [-0.15, -0.1) is 0 Å². The van der Waals surface area contributed by atoms with Crippen LogP contribution in [0.25, 0.3) is 0 Å². The van der Waals surface area contributed by atoms with Gasteiger partial charge < -0.3 is 14.6 Å². The van der Waals surface area contributed by atoms with Gasteiger partial charge in [-0.3, -0.25) is 5.32 Å². The van der Waals surface area contributed by atoms with E-state index in [1.807, 2.05) is 13.8 Å². The van der Waals surface area contributed by atoms with Gasteiger partial charge >= 0.3 is 6.09 Å². The van der Waals surface area contributed by atoms with Gasteiger partial charge in [-0.05, 0) is 48.9 Å². The predicted octanol–water partition coefficient (Wildman–Crippen LogP) is 5.18. The number of aliphatic hydroxyl groups excluding tert-OH is 1. The summed E-state index contributed by atoms with van der Waals surface area (Å²) in [5.74, 6) is 1.26. The molecule has 3 rings (SSSR count). The summed E-state index contributed by atoms with van der Waals surface area (Å²) in [6.07, 6.45) is -1.24. The van der Waals surface area contributed by atoms with Gasteiger partial charge in [0, 0.05) is 17.0 Å². The van der Waals surface area contributed by atoms with E-state index >= 15 is 0 Å². The molecule has 0 spiro atoms. The van der Waals surface area contributed by atoms with Crippen LogP contribution >= 0.6 is 0 Å². The lowest BCUT2D eigenvalue weighted by Crippen LogP contribution is -2.15. The molecular weight excluding hydrogens is 354 g/mol. The third kappa shape index (κ3) is 3.47. The lowest BCUT2D eigenvalue weighted by atomic mass is 9.84. The molecule has 2 aromatic carbocycles. The van der Waals surface area contributed by atoms with Gasteiger partial charge in [0.25, 0.3) is 0 Å². The number of rotatable bonds is 4. The highest BCUT2D eigenvalue weighted by Gasteiger charge is 2.34. The van der Waals surface area contributed by atoms with E-state index in [0.717, 1.165) is 28.0 Å². The first-order chi connectivity index (χ1) is 13.3. The molecule has 0 radical (unpaired) electrons. The van der Waals surface area contributed by atoms with E-state index in [1.165, 1.54) is 12.7 Å². The molecule has 0 aliphatic carbocycles. The van der Waals surface area contributed by atoms with Crippen molar-refractivity contribution in [3.05, 3.63) is 57.6 Å². The van der Waals surface area contributed by atoms with Gasteiger partial charge in [0.1, 0.15) is 5.75 Å². The van der Waals surface area contributed by atoms with E-state index in [2.05, 4.69) is 43.4 Å². The van der Waals surface area contributed by atoms with Crippen molar-refractivity contribution >= 4 is 11.8 Å². The Labute approximate surface area is 166 Å². The Morgan fingerprint density at radius 1 is 1.18 bits per heavy atom. The molecule has 0 aromatic heterocycles. The minimum Gasteiger partial charge on any atom is -0.492 e. The first-order valence-electron chi connectivity index (χ1n) is 9.68. The highest BCUT2D eigenvalue weighted by atomic mass is 16.5. The average Bonchev–Trinajstić information content (AvgIpc) is 3.09. The van der Waals surface area contributed by atoms with Gasteiger partial charge in [0.05, 0.1) is 25.5 Å². The molecule has 2 N–H and O–H groups in total. The van der Waals surface area contributed by atoms with E-state index in [4.69, 9.17) is 9.47 Å². The zero-order valence-electron chi connectivity index (χ0n) is 17.4. The van der Waals surface area contributed by atoms with Crippen molar-refractivity contribution in [3.8, 4) is 5.75 Å². The number of aliphatic hydroxyl groups is 1. The van der Waals surface area contributed by atoms with E-state index in [1.54, 1.807) is 6.92 Å². The van der Waals surface area contributed by atoms with Gasteiger partial charge in [-0.1, -0.05) is 38.1 Å². The van der Waals surface area contributed by atoms with Gasteiger partial charge in [0.2, 0.25) is 0 Å². The molecule has 1 heterocycles. The minimum absolute atomic E-state index is 0.0486. The van der Waals surface area contributed by atoms with Crippen LogP contribution < -0.4 is 10.1 Å². The van der Waals surface area contributed by atoms with E-state index in [-0.39, 0.29) is 5.92 Å². The molecule has 0 saturated carbocycles. The van der Waals surface area contributed by atoms with Crippen LogP contribution in [0.2, 0.25) is 0 Å². The lowest BCUT2D eigenvalue weighted by Gasteiger charge is -2.22. The first-order valence-corrected chi connectivity index (χ1v) is 9.68. The Balaban J connectivity index is 2.15. The quantitative estimate of drug-likeness (QED) is 0.763. The predicted molar refractivity (Wildman–Crippen MR) is 110 cm³/mol. The maximum absolute atomic E-state index is 11.9.